The van der Waals surface area contributed by atoms with Crippen LogP contribution in [0.25, 0.3) is 10.9 Å². The fraction of sp³-hybridized carbons (Fsp3) is 0.367. The van der Waals surface area contributed by atoms with E-state index in [2.05, 4.69) is 25.4 Å². The molecule has 0 saturated carbocycles. The van der Waals surface area contributed by atoms with E-state index in [1.54, 1.807) is 24.3 Å². The van der Waals surface area contributed by atoms with Crippen LogP contribution in [0.2, 0.25) is 5.02 Å². The van der Waals surface area contributed by atoms with E-state index in [9.17, 15) is 14.6 Å². The van der Waals surface area contributed by atoms with Crippen LogP contribution in [0.5, 0.6) is 5.88 Å². The zero-order valence-corrected chi connectivity index (χ0v) is 22.8. The number of ether oxygens (including phenoxy) is 2. The highest BCUT2D eigenvalue weighted by Gasteiger charge is 2.24. The molecule has 2 aromatic heterocycles. The quantitative estimate of drug-likeness (QED) is 0.289. The number of aliphatic hydroxyl groups is 2. The highest BCUT2D eigenvalue weighted by atomic mass is 35.5. The lowest BCUT2D eigenvalue weighted by Gasteiger charge is -2.36. The lowest BCUT2D eigenvalue weighted by molar-refractivity contribution is -0.0591. The summed E-state index contributed by atoms with van der Waals surface area (Å²) in [7, 11) is 0. The molecule has 210 valence electrons. The van der Waals surface area contributed by atoms with E-state index in [0.29, 0.717) is 22.0 Å². The first-order valence-corrected chi connectivity index (χ1v) is 13.9. The first kappa shape index (κ1) is 27.0. The van der Waals surface area contributed by atoms with Crippen molar-refractivity contribution in [2.75, 3.05) is 37.7 Å². The SMILES string of the molecule is OC(O)c1ccc2cc(CN3CCN(c4cccc(OCc5ccc(Cl)cc5F)n4)CC3)n(C[C@@H]3CCO3)c2c1. The van der Waals surface area contributed by atoms with Gasteiger partial charge in [-0.2, -0.15) is 4.98 Å². The number of aromatic nitrogens is 2. The van der Waals surface area contributed by atoms with Crippen LogP contribution < -0.4 is 9.64 Å². The molecule has 0 spiro atoms. The van der Waals surface area contributed by atoms with E-state index >= 15 is 0 Å². The molecule has 4 heterocycles. The van der Waals surface area contributed by atoms with Gasteiger partial charge in [0.1, 0.15) is 18.2 Å². The minimum atomic E-state index is -1.50. The summed E-state index contributed by atoms with van der Waals surface area (Å²) in [5.41, 5.74) is 3.09. The van der Waals surface area contributed by atoms with Gasteiger partial charge < -0.3 is 29.2 Å². The Morgan fingerprint density at radius 1 is 1.05 bits per heavy atom. The highest BCUT2D eigenvalue weighted by Crippen LogP contribution is 2.28. The van der Waals surface area contributed by atoms with Crippen LogP contribution >= 0.6 is 11.6 Å². The molecule has 2 saturated heterocycles. The first-order chi connectivity index (χ1) is 19.4. The molecule has 2 N–H and O–H groups in total. The molecule has 0 amide bonds. The van der Waals surface area contributed by atoms with Crippen molar-refractivity contribution in [1.82, 2.24) is 14.5 Å². The maximum absolute atomic E-state index is 14.1. The molecule has 2 aromatic carbocycles. The van der Waals surface area contributed by atoms with Gasteiger partial charge >= 0.3 is 0 Å². The molecule has 2 fully saturated rings. The predicted molar refractivity (Wildman–Crippen MR) is 151 cm³/mol. The average molecular weight is 567 g/mol. The lowest BCUT2D eigenvalue weighted by atomic mass is 10.1. The Bertz CT molecular complexity index is 1480. The van der Waals surface area contributed by atoms with E-state index < -0.39 is 12.1 Å². The summed E-state index contributed by atoms with van der Waals surface area (Å²) < 4.78 is 27.9. The van der Waals surface area contributed by atoms with E-state index in [-0.39, 0.29) is 12.7 Å². The number of piperazine rings is 1. The van der Waals surface area contributed by atoms with Crippen LogP contribution in [-0.2, 0) is 24.4 Å². The van der Waals surface area contributed by atoms with Crippen molar-refractivity contribution in [2.45, 2.75) is 38.5 Å². The van der Waals surface area contributed by atoms with Gasteiger partial charge in [-0.25, -0.2) is 4.39 Å². The smallest absolute Gasteiger partial charge is 0.215 e. The number of pyridine rings is 1. The molecule has 0 aliphatic carbocycles. The molecule has 4 aromatic rings. The van der Waals surface area contributed by atoms with Crippen molar-refractivity contribution in [3.8, 4) is 5.88 Å². The zero-order valence-electron chi connectivity index (χ0n) is 22.0. The molecule has 2 aliphatic rings. The Morgan fingerprint density at radius 2 is 1.88 bits per heavy atom. The summed E-state index contributed by atoms with van der Waals surface area (Å²) in [6.07, 6.45) is -0.282. The topological polar surface area (TPSA) is 83.2 Å². The van der Waals surface area contributed by atoms with Gasteiger partial charge in [-0.1, -0.05) is 35.9 Å². The number of rotatable bonds is 9. The number of benzene rings is 2. The van der Waals surface area contributed by atoms with Gasteiger partial charge in [0.05, 0.1) is 6.10 Å². The summed E-state index contributed by atoms with van der Waals surface area (Å²) in [6.45, 7) is 5.77. The number of nitrogens with zero attached hydrogens (tertiary/aromatic N) is 4. The van der Waals surface area contributed by atoms with Crippen molar-refractivity contribution in [3.63, 3.8) is 0 Å². The predicted octanol–water partition coefficient (Wildman–Crippen LogP) is 4.50. The number of fused-ring (bicyclic) bond motifs is 1. The van der Waals surface area contributed by atoms with Crippen molar-refractivity contribution >= 4 is 28.3 Å². The molecule has 0 unspecified atom stereocenters. The summed E-state index contributed by atoms with van der Waals surface area (Å²) >= 11 is 5.84. The Morgan fingerprint density at radius 3 is 2.60 bits per heavy atom. The number of halogens is 2. The molecular formula is C30H32ClFN4O4. The van der Waals surface area contributed by atoms with Gasteiger partial charge in [0.25, 0.3) is 0 Å². The number of hydrogen-bond acceptors (Lipinski definition) is 7. The van der Waals surface area contributed by atoms with Crippen LogP contribution in [0.1, 0.15) is 29.5 Å². The highest BCUT2D eigenvalue weighted by molar-refractivity contribution is 6.30. The Kier molecular flexibility index (Phi) is 7.91. The third-order valence-corrected chi connectivity index (χ3v) is 7.91. The Labute approximate surface area is 237 Å². The fourth-order valence-electron chi connectivity index (χ4n) is 5.28. The van der Waals surface area contributed by atoms with Gasteiger partial charge in [-0.05, 0) is 42.1 Å². The third-order valence-electron chi connectivity index (χ3n) is 7.67. The van der Waals surface area contributed by atoms with Crippen molar-refractivity contribution in [2.24, 2.45) is 0 Å². The van der Waals surface area contributed by atoms with E-state index in [1.165, 1.54) is 11.8 Å². The molecular weight excluding hydrogens is 535 g/mol. The van der Waals surface area contributed by atoms with Gasteiger partial charge in [0, 0.05) is 79.3 Å². The fourth-order valence-corrected chi connectivity index (χ4v) is 5.44. The van der Waals surface area contributed by atoms with Gasteiger partial charge in [-0.3, -0.25) is 4.90 Å². The molecule has 0 bridgehead atoms. The summed E-state index contributed by atoms with van der Waals surface area (Å²) in [4.78, 5) is 9.32. The van der Waals surface area contributed by atoms with Crippen molar-refractivity contribution < 1.29 is 24.1 Å². The van der Waals surface area contributed by atoms with Crippen LogP contribution in [0.15, 0.2) is 60.7 Å². The summed E-state index contributed by atoms with van der Waals surface area (Å²) in [5.74, 6) is 0.884. The monoisotopic (exact) mass is 566 g/mol. The molecule has 2 aliphatic heterocycles. The third kappa shape index (κ3) is 5.94. The second-order valence-electron chi connectivity index (χ2n) is 10.3. The van der Waals surface area contributed by atoms with Crippen LogP contribution in [0, 0.1) is 5.82 Å². The van der Waals surface area contributed by atoms with Gasteiger partial charge in [-0.15, -0.1) is 0 Å². The normalized spacial score (nSPS) is 17.9. The van der Waals surface area contributed by atoms with Crippen molar-refractivity contribution in [1.29, 1.82) is 0 Å². The van der Waals surface area contributed by atoms with Crippen molar-refractivity contribution in [3.05, 3.63) is 88.3 Å². The molecule has 10 heteroatoms. The van der Waals surface area contributed by atoms with Gasteiger partial charge in [0.2, 0.25) is 5.88 Å². The number of anilines is 1. The second-order valence-corrected chi connectivity index (χ2v) is 10.8. The van der Waals surface area contributed by atoms with Crippen LogP contribution in [0.3, 0.4) is 0 Å². The average Bonchev–Trinajstić information content (AvgIpc) is 3.26. The minimum absolute atomic E-state index is 0.0753. The molecule has 0 radical (unpaired) electrons. The number of hydrogen-bond donors (Lipinski definition) is 2. The Balaban J connectivity index is 1.10. The molecule has 1 atom stereocenters. The largest absolute Gasteiger partial charge is 0.473 e. The van der Waals surface area contributed by atoms with Crippen LogP contribution in [-0.4, -0.2) is 63.6 Å². The van der Waals surface area contributed by atoms with E-state index in [1.807, 2.05) is 24.3 Å². The number of aliphatic hydroxyl groups excluding tert-OH is 1. The summed E-state index contributed by atoms with van der Waals surface area (Å²) in [6, 6.07) is 18.0. The minimum Gasteiger partial charge on any atom is -0.473 e. The standard InChI is InChI=1S/C30H32ClFN4O4/c31-23-7-6-22(26(32)16-23)19-40-29-3-1-2-28(33-29)35-11-9-34(10-12-35)17-24-14-20-4-5-21(30(37)38)15-27(20)36(24)18-25-8-13-39-25/h1-7,14-16,25,30,37-38H,8-13,17-19H2/t25-/m0/s1. The van der Waals surface area contributed by atoms with E-state index in [4.69, 9.17) is 21.1 Å². The molecule has 8 nitrogen and oxygen atoms in total. The first-order valence-electron chi connectivity index (χ1n) is 13.5. The van der Waals surface area contributed by atoms with E-state index in [0.717, 1.165) is 69.0 Å². The zero-order chi connectivity index (χ0) is 27.6. The maximum atomic E-state index is 14.1. The molecule has 6 rings (SSSR count). The Hall–Kier alpha value is -3.21. The maximum Gasteiger partial charge on any atom is 0.215 e. The summed E-state index contributed by atoms with van der Waals surface area (Å²) in [5, 5.41) is 20.8. The lowest BCUT2D eigenvalue weighted by Crippen LogP contribution is -2.46. The van der Waals surface area contributed by atoms with Crippen LogP contribution in [0.4, 0.5) is 10.2 Å². The second kappa shape index (κ2) is 11.7. The molecule has 40 heavy (non-hydrogen) atoms. The van der Waals surface area contributed by atoms with Gasteiger partial charge in [0.15, 0.2) is 6.29 Å².